The van der Waals surface area contributed by atoms with Gasteiger partial charge in [0.05, 0.1) is 22.1 Å². The Morgan fingerprint density at radius 1 is 0.333 bits per heavy atom. The van der Waals surface area contributed by atoms with Crippen molar-refractivity contribution in [3.05, 3.63) is 205 Å². The highest BCUT2D eigenvalue weighted by Crippen LogP contribution is 2.58. The van der Waals surface area contributed by atoms with E-state index in [2.05, 4.69) is 197 Å². The van der Waals surface area contributed by atoms with Crippen molar-refractivity contribution >= 4 is 65.6 Å². The van der Waals surface area contributed by atoms with Crippen LogP contribution in [0.2, 0.25) is 0 Å². The second-order valence-corrected chi connectivity index (χ2v) is 17.9. The fraction of sp³-hybridized carbons (Fsp3) is 0.100. The van der Waals surface area contributed by atoms with E-state index in [1.54, 1.807) is 0 Å². The van der Waals surface area contributed by atoms with Crippen LogP contribution < -0.4 is 0 Å². The summed E-state index contributed by atoms with van der Waals surface area (Å²) in [7, 11) is 0. The summed E-state index contributed by atoms with van der Waals surface area (Å²) < 4.78 is 11.3. The quantitative estimate of drug-likeness (QED) is 0.174. The van der Waals surface area contributed by atoms with E-state index in [9.17, 15) is 0 Å². The summed E-state index contributed by atoms with van der Waals surface area (Å²) in [4.78, 5) is 0. The molecule has 0 saturated heterocycles. The van der Waals surface area contributed by atoms with Gasteiger partial charge in [-0.2, -0.15) is 0 Å². The molecule has 0 atom stereocenters. The van der Waals surface area contributed by atoms with Crippen LogP contribution in [0.5, 0.6) is 0 Å². The van der Waals surface area contributed by atoms with Crippen molar-refractivity contribution in [3.8, 4) is 44.8 Å². The molecule has 0 bridgehead atoms. The van der Waals surface area contributed by atoms with Crippen LogP contribution >= 0.6 is 0 Å². The van der Waals surface area contributed by atoms with Crippen molar-refractivity contribution in [2.24, 2.45) is 0 Å². The highest BCUT2D eigenvalue weighted by molar-refractivity contribution is 6.13. The minimum Gasteiger partial charge on any atom is -0.456 e. The van der Waals surface area contributed by atoms with E-state index in [0.29, 0.717) is 0 Å². The zero-order chi connectivity index (χ0) is 41.2. The standard InChI is InChI=1S/C60H42N2O/c1-3-13-38(14-4-1)39-21-25-42(26-22-39)61-54-18-8-5-15-44(54)50-34-41(24-30-56(50)61)40-23-29-52-48(33-40)49-37-57-51(36-53(49)60(52)31-11-2-12-32-60)45-16-6-9-19-55(45)62(57)43-27-28-47-46-17-7-10-20-58(46)63-59(47)35-43/h1,3-10,13-30,33-37H,2,11-12,31-32H2. The first-order chi connectivity index (χ1) is 31.2. The van der Waals surface area contributed by atoms with E-state index in [1.165, 1.54) is 126 Å². The number of nitrogens with zero attached hydrogens (tertiary/aromatic N) is 2. The number of fused-ring (bicyclic) bond motifs is 14. The van der Waals surface area contributed by atoms with Crippen LogP contribution in [0.3, 0.4) is 0 Å². The molecule has 63 heavy (non-hydrogen) atoms. The Morgan fingerprint density at radius 2 is 0.905 bits per heavy atom. The second-order valence-electron chi connectivity index (χ2n) is 17.9. The molecular weight excluding hydrogens is 765 g/mol. The Kier molecular flexibility index (Phi) is 7.33. The minimum absolute atomic E-state index is 0.0272. The molecule has 2 aliphatic carbocycles. The number of rotatable bonds is 4. The molecule has 1 spiro atoms. The predicted octanol–water partition coefficient (Wildman–Crippen LogP) is 16.3. The summed E-state index contributed by atoms with van der Waals surface area (Å²) in [6.07, 6.45) is 6.20. The number of hydrogen-bond donors (Lipinski definition) is 0. The summed E-state index contributed by atoms with van der Waals surface area (Å²) >= 11 is 0. The molecule has 0 unspecified atom stereocenters. The van der Waals surface area contributed by atoms with Gasteiger partial charge < -0.3 is 13.6 Å². The molecule has 0 aliphatic heterocycles. The van der Waals surface area contributed by atoms with Gasteiger partial charge in [0.2, 0.25) is 0 Å². The molecule has 0 radical (unpaired) electrons. The summed E-state index contributed by atoms with van der Waals surface area (Å²) in [5.41, 5.74) is 19.8. The molecule has 298 valence electrons. The molecule has 1 saturated carbocycles. The van der Waals surface area contributed by atoms with Crippen LogP contribution in [-0.4, -0.2) is 9.13 Å². The van der Waals surface area contributed by atoms with Crippen LogP contribution in [0.15, 0.2) is 199 Å². The van der Waals surface area contributed by atoms with Crippen LogP contribution in [0.4, 0.5) is 0 Å². The zero-order valence-electron chi connectivity index (χ0n) is 34.8. The third-order valence-electron chi connectivity index (χ3n) is 14.7. The van der Waals surface area contributed by atoms with E-state index in [1.807, 2.05) is 6.07 Å². The van der Waals surface area contributed by atoms with Gasteiger partial charge in [0.1, 0.15) is 11.2 Å². The van der Waals surface area contributed by atoms with Gasteiger partial charge in [-0.15, -0.1) is 0 Å². The van der Waals surface area contributed by atoms with E-state index < -0.39 is 0 Å². The number of hydrogen-bond acceptors (Lipinski definition) is 1. The van der Waals surface area contributed by atoms with Crippen molar-refractivity contribution in [1.82, 2.24) is 9.13 Å². The third kappa shape index (κ3) is 5.02. The van der Waals surface area contributed by atoms with Gasteiger partial charge in [-0.25, -0.2) is 0 Å². The SMILES string of the molecule is c1ccc(-c2ccc(-n3c4ccccc4c4cc(-c5ccc6c(c5)-c5cc7c(cc5C65CCCCC5)c5ccccc5n7-c5ccc6c(c5)oc5ccccc56)ccc43)cc2)cc1. The van der Waals surface area contributed by atoms with Gasteiger partial charge in [0.25, 0.3) is 0 Å². The van der Waals surface area contributed by atoms with Crippen LogP contribution in [0.1, 0.15) is 43.2 Å². The third-order valence-corrected chi connectivity index (χ3v) is 14.7. The first-order valence-corrected chi connectivity index (χ1v) is 22.5. The highest BCUT2D eigenvalue weighted by atomic mass is 16.3. The van der Waals surface area contributed by atoms with E-state index in [-0.39, 0.29) is 5.41 Å². The Hall–Kier alpha value is -7.62. The largest absolute Gasteiger partial charge is 0.456 e. The van der Waals surface area contributed by atoms with Crippen LogP contribution in [0, 0.1) is 0 Å². The molecule has 3 heteroatoms. The average molecular weight is 807 g/mol. The zero-order valence-corrected chi connectivity index (χ0v) is 34.8. The van der Waals surface area contributed by atoms with E-state index in [4.69, 9.17) is 4.42 Å². The number of furan rings is 1. The molecule has 2 aliphatic rings. The molecule has 12 aromatic rings. The highest BCUT2D eigenvalue weighted by Gasteiger charge is 2.44. The number of benzene rings is 9. The number of aromatic nitrogens is 2. The van der Waals surface area contributed by atoms with Gasteiger partial charge >= 0.3 is 0 Å². The summed E-state index contributed by atoms with van der Waals surface area (Å²) in [6.45, 7) is 0. The Morgan fingerprint density at radius 3 is 1.70 bits per heavy atom. The van der Waals surface area contributed by atoms with E-state index >= 15 is 0 Å². The fourth-order valence-corrected chi connectivity index (χ4v) is 11.8. The lowest BCUT2D eigenvalue weighted by Crippen LogP contribution is -2.28. The molecule has 3 heterocycles. The maximum atomic E-state index is 6.45. The first-order valence-electron chi connectivity index (χ1n) is 22.5. The molecule has 3 aromatic heterocycles. The molecule has 3 nitrogen and oxygen atoms in total. The molecule has 9 aromatic carbocycles. The molecular formula is C60H42N2O. The summed E-state index contributed by atoms with van der Waals surface area (Å²) in [5.74, 6) is 0. The van der Waals surface area contributed by atoms with Gasteiger partial charge in [0, 0.05) is 55.2 Å². The molecule has 0 amide bonds. The van der Waals surface area contributed by atoms with Gasteiger partial charge in [-0.1, -0.05) is 135 Å². The predicted molar refractivity (Wildman–Crippen MR) is 263 cm³/mol. The van der Waals surface area contributed by atoms with Crippen molar-refractivity contribution in [3.63, 3.8) is 0 Å². The van der Waals surface area contributed by atoms with Gasteiger partial charge in [0.15, 0.2) is 0 Å². The monoisotopic (exact) mass is 806 g/mol. The normalized spacial score (nSPS) is 14.5. The maximum absolute atomic E-state index is 6.45. The Labute approximate surface area is 365 Å². The molecule has 1 fully saturated rings. The van der Waals surface area contributed by atoms with Crippen LogP contribution in [0.25, 0.3) is 110 Å². The second kappa shape index (κ2) is 13.2. The lowest BCUT2D eigenvalue weighted by molar-refractivity contribution is 0.353. The topological polar surface area (TPSA) is 23.0 Å². The lowest BCUT2D eigenvalue weighted by Gasteiger charge is -2.36. The van der Waals surface area contributed by atoms with Crippen molar-refractivity contribution in [2.75, 3.05) is 0 Å². The van der Waals surface area contributed by atoms with Crippen molar-refractivity contribution in [2.45, 2.75) is 37.5 Å². The lowest BCUT2D eigenvalue weighted by atomic mass is 9.67. The van der Waals surface area contributed by atoms with Crippen molar-refractivity contribution < 1.29 is 4.42 Å². The Bertz CT molecular complexity index is 3820. The fourth-order valence-electron chi connectivity index (χ4n) is 11.8. The van der Waals surface area contributed by atoms with Gasteiger partial charge in [-0.05, 0) is 130 Å². The van der Waals surface area contributed by atoms with Crippen LogP contribution in [-0.2, 0) is 5.41 Å². The maximum Gasteiger partial charge on any atom is 0.137 e. The minimum atomic E-state index is 0.0272. The first kappa shape index (κ1) is 35.0. The summed E-state index contributed by atoms with van der Waals surface area (Å²) in [6, 6.07) is 72.1. The van der Waals surface area contributed by atoms with E-state index in [0.717, 1.165) is 27.6 Å². The molecule has 14 rings (SSSR count). The Balaban J connectivity index is 0.939. The van der Waals surface area contributed by atoms with Crippen molar-refractivity contribution in [1.29, 1.82) is 0 Å². The number of para-hydroxylation sites is 3. The smallest absolute Gasteiger partial charge is 0.137 e. The average Bonchev–Trinajstić information content (AvgIpc) is 4.06. The molecule has 0 N–H and O–H groups in total. The van der Waals surface area contributed by atoms with Gasteiger partial charge in [-0.3, -0.25) is 0 Å². The summed E-state index contributed by atoms with van der Waals surface area (Å²) in [5, 5.41) is 7.46.